The summed E-state index contributed by atoms with van der Waals surface area (Å²) in [4.78, 5) is 12.0. The van der Waals surface area contributed by atoms with Crippen LogP contribution in [0.15, 0.2) is 10.3 Å². The molecule has 1 aliphatic heterocycles. The van der Waals surface area contributed by atoms with E-state index in [1.165, 1.54) is 0 Å². The molecule has 0 unspecified atom stereocenters. The Balaban J connectivity index is 2.29. The second kappa shape index (κ2) is 9.20. The molecule has 1 saturated carbocycles. The van der Waals surface area contributed by atoms with Crippen LogP contribution in [0.5, 0.6) is 0 Å². The molecule has 26 heavy (non-hydrogen) atoms. The molecule has 0 spiro atoms. The SMILES string of the molecule is CCOP(=O)(OCC)C1=C(Cl)C(=O)O[C@@H]1O[C@@H]1C[C@H](C)CC[C@H]1C(C)C. The van der Waals surface area contributed by atoms with Crippen LogP contribution in [-0.4, -0.2) is 31.6 Å². The maximum Gasteiger partial charge on any atom is 0.365 e. The van der Waals surface area contributed by atoms with Gasteiger partial charge in [0.2, 0.25) is 6.29 Å². The Morgan fingerprint density at radius 1 is 1.23 bits per heavy atom. The highest BCUT2D eigenvalue weighted by Crippen LogP contribution is 2.61. The zero-order valence-corrected chi connectivity index (χ0v) is 17.8. The third-order valence-electron chi connectivity index (χ3n) is 4.99. The van der Waals surface area contributed by atoms with E-state index in [-0.39, 0.29) is 29.7 Å². The van der Waals surface area contributed by atoms with Crippen molar-refractivity contribution >= 4 is 25.2 Å². The van der Waals surface area contributed by atoms with Crippen molar-refractivity contribution in [1.82, 2.24) is 0 Å². The van der Waals surface area contributed by atoms with Crippen LogP contribution in [0.2, 0.25) is 0 Å². The van der Waals surface area contributed by atoms with Gasteiger partial charge < -0.3 is 18.5 Å². The summed E-state index contributed by atoms with van der Waals surface area (Å²) >= 11 is 6.12. The molecule has 0 aromatic carbocycles. The van der Waals surface area contributed by atoms with Crippen LogP contribution in [0.1, 0.15) is 53.9 Å². The van der Waals surface area contributed by atoms with Gasteiger partial charge in [-0.25, -0.2) is 4.79 Å². The number of carbonyl (C=O) groups excluding carboxylic acids is 1. The maximum atomic E-state index is 13.2. The lowest BCUT2D eigenvalue weighted by molar-refractivity contribution is -0.179. The van der Waals surface area contributed by atoms with Crippen LogP contribution in [0.4, 0.5) is 0 Å². The van der Waals surface area contributed by atoms with E-state index < -0.39 is 19.9 Å². The molecule has 1 aliphatic carbocycles. The molecule has 4 atom stereocenters. The minimum absolute atomic E-state index is 0.00593. The summed E-state index contributed by atoms with van der Waals surface area (Å²) in [7, 11) is -3.77. The molecular weight excluding hydrogens is 379 g/mol. The Hall–Kier alpha value is -0.390. The van der Waals surface area contributed by atoms with Gasteiger partial charge in [0.1, 0.15) is 10.3 Å². The van der Waals surface area contributed by atoms with Crippen LogP contribution >= 0.6 is 19.2 Å². The van der Waals surface area contributed by atoms with Crippen LogP contribution in [0, 0.1) is 17.8 Å². The van der Waals surface area contributed by atoms with E-state index in [4.69, 9.17) is 30.1 Å². The first-order valence-corrected chi connectivity index (χ1v) is 11.3. The largest absolute Gasteiger partial charge is 0.427 e. The van der Waals surface area contributed by atoms with E-state index >= 15 is 0 Å². The van der Waals surface area contributed by atoms with Gasteiger partial charge in [0.15, 0.2) is 0 Å². The molecule has 8 heteroatoms. The lowest BCUT2D eigenvalue weighted by Gasteiger charge is -2.38. The lowest BCUT2D eigenvalue weighted by atomic mass is 9.75. The Morgan fingerprint density at radius 3 is 2.38 bits per heavy atom. The van der Waals surface area contributed by atoms with Gasteiger partial charge in [0.05, 0.1) is 19.3 Å². The van der Waals surface area contributed by atoms with E-state index in [2.05, 4.69) is 20.8 Å². The maximum absolute atomic E-state index is 13.2. The van der Waals surface area contributed by atoms with Gasteiger partial charge in [-0.3, -0.25) is 4.57 Å². The molecule has 0 aromatic rings. The van der Waals surface area contributed by atoms with E-state index in [1.54, 1.807) is 13.8 Å². The molecule has 0 aromatic heterocycles. The van der Waals surface area contributed by atoms with Gasteiger partial charge in [-0.1, -0.05) is 38.8 Å². The lowest BCUT2D eigenvalue weighted by Crippen LogP contribution is -2.37. The first-order chi connectivity index (χ1) is 12.2. The standard InChI is InChI=1S/C18H30ClO6P/c1-6-22-26(21,23-7-2)16-15(19)17(20)25-18(16)24-14-10-12(5)8-9-13(14)11(3)4/h11-14,18H,6-10H2,1-5H3/t12-,13+,14-,18+/m1/s1. The molecule has 0 amide bonds. The van der Waals surface area contributed by atoms with E-state index in [9.17, 15) is 9.36 Å². The van der Waals surface area contributed by atoms with Crippen LogP contribution in [0.3, 0.4) is 0 Å². The number of hydrogen-bond donors (Lipinski definition) is 0. The van der Waals surface area contributed by atoms with Crippen molar-refractivity contribution in [2.45, 2.75) is 66.3 Å². The fourth-order valence-electron chi connectivity index (χ4n) is 3.70. The number of halogens is 1. The number of carbonyl (C=O) groups is 1. The molecule has 0 bridgehead atoms. The smallest absolute Gasteiger partial charge is 0.365 e. The third kappa shape index (κ3) is 4.71. The molecule has 6 nitrogen and oxygen atoms in total. The van der Waals surface area contributed by atoms with Crippen LogP contribution < -0.4 is 0 Å². The number of ether oxygens (including phenoxy) is 2. The Morgan fingerprint density at radius 2 is 1.85 bits per heavy atom. The zero-order valence-electron chi connectivity index (χ0n) is 16.2. The van der Waals surface area contributed by atoms with Crippen molar-refractivity contribution < 1.29 is 27.9 Å². The summed E-state index contributed by atoms with van der Waals surface area (Å²) in [6.45, 7) is 10.2. The normalized spacial score (nSPS) is 30.2. The van der Waals surface area contributed by atoms with Crippen LogP contribution in [0.25, 0.3) is 0 Å². The quantitative estimate of drug-likeness (QED) is 0.412. The van der Waals surface area contributed by atoms with E-state index in [1.807, 2.05) is 0 Å². The third-order valence-corrected chi connectivity index (χ3v) is 7.70. The van der Waals surface area contributed by atoms with Gasteiger partial charge in [-0.05, 0) is 44.4 Å². The number of rotatable bonds is 8. The molecule has 2 rings (SSSR count). The average Bonchev–Trinajstić information content (AvgIpc) is 2.82. The Bertz CT molecular complexity index is 580. The van der Waals surface area contributed by atoms with E-state index in [0.29, 0.717) is 17.8 Å². The van der Waals surface area contributed by atoms with Crippen LogP contribution in [-0.2, 0) is 27.9 Å². The van der Waals surface area contributed by atoms with Gasteiger partial charge in [0, 0.05) is 0 Å². The minimum Gasteiger partial charge on any atom is -0.427 e. The highest BCUT2D eigenvalue weighted by atomic mass is 35.5. The summed E-state index contributed by atoms with van der Waals surface area (Å²) < 4.78 is 35.4. The van der Waals surface area contributed by atoms with Gasteiger partial charge >= 0.3 is 13.6 Å². The minimum atomic E-state index is -3.77. The van der Waals surface area contributed by atoms with Gasteiger partial charge in [-0.2, -0.15) is 0 Å². The number of cyclic esters (lactones) is 1. The first-order valence-electron chi connectivity index (χ1n) is 9.39. The zero-order chi connectivity index (χ0) is 19.5. The summed E-state index contributed by atoms with van der Waals surface area (Å²) in [5.74, 6) is 0.527. The molecule has 150 valence electrons. The second-order valence-corrected chi connectivity index (χ2v) is 9.64. The summed E-state index contributed by atoms with van der Waals surface area (Å²) in [6.07, 6.45) is 1.81. The van der Waals surface area contributed by atoms with Crippen molar-refractivity contribution in [3.05, 3.63) is 10.3 Å². The van der Waals surface area contributed by atoms with Crippen molar-refractivity contribution in [3.8, 4) is 0 Å². The summed E-state index contributed by atoms with van der Waals surface area (Å²) in [6, 6.07) is 0. The Kier molecular flexibility index (Phi) is 7.75. The topological polar surface area (TPSA) is 71.1 Å². The molecule has 0 radical (unpaired) electrons. The Labute approximate surface area is 161 Å². The van der Waals surface area contributed by atoms with Crippen molar-refractivity contribution in [2.75, 3.05) is 13.2 Å². The summed E-state index contributed by atoms with van der Waals surface area (Å²) in [5.41, 5.74) is 0. The first kappa shape index (κ1) is 21.9. The molecular formula is C18H30ClO6P. The fraction of sp³-hybridized carbons (Fsp3) is 0.833. The average molecular weight is 409 g/mol. The highest BCUT2D eigenvalue weighted by molar-refractivity contribution is 7.58. The predicted molar refractivity (Wildman–Crippen MR) is 99.8 cm³/mol. The molecule has 1 fully saturated rings. The number of hydrogen-bond acceptors (Lipinski definition) is 6. The highest BCUT2D eigenvalue weighted by Gasteiger charge is 2.49. The van der Waals surface area contributed by atoms with Gasteiger partial charge in [-0.15, -0.1) is 0 Å². The summed E-state index contributed by atoms with van der Waals surface area (Å²) in [5, 5.41) is -0.265. The van der Waals surface area contributed by atoms with Crippen molar-refractivity contribution in [1.29, 1.82) is 0 Å². The number of esters is 1. The monoisotopic (exact) mass is 408 g/mol. The molecule has 0 saturated heterocycles. The van der Waals surface area contributed by atoms with Crippen molar-refractivity contribution in [2.24, 2.45) is 17.8 Å². The van der Waals surface area contributed by atoms with Crippen molar-refractivity contribution in [3.63, 3.8) is 0 Å². The van der Waals surface area contributed by atoms with Gasteiger partial charge in [0.25, 0.3) is 0 Å². The predicted octanol–water partition coefficient (Wildman–Crippen LogP) is 5.06. The second-order valence-electron chi connectivity index (χ2n) is 7.27. The molecule has 1 heterocycles. The molecule has 0 N–H and O–H groups in total. The fourth-order valence-corrected chi connectivity index (χ4v) is 5.88. The molecule has 2 aliphatic rings. The van der Waals surface area contributed by atoms with E-state index in [0.717, 1.165) is 19.3 Å².